The Morgan fingerprint density at radius 3 is 2.70 bits per heavy atom. The molecule has 0 radical (unpaired) electrons. The second-order valence-electron chi connectivity index (χ2n) is 8.70. The third-order valence-electron chi connectivity index (χ3n) is 5.98. The van der Waals surface area contributed by atoms with Crippen LogP contribution in [0, 0.1) is 0 Å². The first-order valence-corrected chi connectivity index (χ1v) is 12.9. The summed E-state index contributed by atoms with van der Waals surface area (Å²) in [5.74, 6) is 1.43. The standard InChI is InChI=1S/C23H29N7S2.ClH/c1-14(2)30-13-26-20-21(25-11-18-7-8-19(32-18)15-9-10-31-12-15)28-23(29-22(20)30)27-17-5-3-16(24)4-6-17;/h7-10,12-14,16-17H,3-6,11,24H2,1-2H3,(H2,25,27,28,29);1H. The van der Waals surface area contributed by atoms with Gasteiger partial charge in [0, 0.05) is 33.4 Å². The van der Waals surface area contributed by atoms with E-state index in [0.717, 1.165) is 42.7 Å². The van der Waals surface area contributed by atoms with Crippen molar-refractivity contribution in [2.75, 3.05) is 10.6 Å². The van der Waals surface area contributed by atoms with Crippen LogP contribution >= 0.6 is 35.1 Å². The molecule has 1 fully saturated rings. The highest BCUT2D eigenvalue weighted by molar-refractivity contribution is 7.16. The second-order valence-corrected chi connectivity index (χ2v) is 10.6. The highest BCUT2D eigenvalue weighted by atomic mass is 35.5. The van der Waals surface area contributed by atoms with Crippen molar-refractivity contribution in [3.05, 3.63) is 40.2 Å². The molecule has 0 saturated heterocycles. The van der Waals surface area contributed by atoms with Gasteiger partial charge in [-0.1, -0.05) is 0 Å². The molecule has 0 bridgehead atoms. The minimum absolute atomic E-state index is 0. The fourth-order valence-corrected chi connectivity index (χ4v) is 5.81. The third-order valence-corrected chi connectivity index (χ3v) is 7.80. The molecule has 4 aromatic heterocycles. The van der Waals surface area contributed by atoms with E-state index < -0.39 is 0 Å². The van der Waals surface area contributed by atoms with Crippen LogP contribution in [-0.2, 0) is 6.54 Å². The van der Waals surface area contributed by atoms with Gasteiger partial charge in [0.1, 0.15) is 0 Å². The summed E-state index contributed by atoms with van der Waals surface area (Å²) < 4.78 is 2.10. The first-order valence-electron chi connectivity index (χ1n) is 11.2. The number of halogens is 1. The highest BCUT2D eigenvalue weighted by Gasteiger charge is 2.21. The van der Waals surface area contributed by atoms with Gasteiger partial charge in [-0.2, -0.15) is 21.3 Å². The van der Waals surface area contributed by atoms with Gasteiger partial charge in [-0.3, -0.25) is 0 Å². The molecule has 7 nitrogen and oxygen atoms in total. The SMILES string of the molecule is CC(C)n1cnc2c(NCc3ccc(-c4ccsc4)s3)nc(NC3CCC(N)CC3)nc21.Cl. The Labute approximate surface area is 208 Å². The van der Waals surface area contributed by atoms with Crippen LogP contribution in [0.3, 0.4) is 0 Å². The van der Waals surface area contributed by atoms with Crippen molar-refractivity contribution in [3.63, 3.8) is 0 Å². The van der Waals surface area contributed by atoms with Gasteiger partial charge in [0.2, 0.25) is 5.95 Å². The number of hydrogen-bond donors (Lipinski definition) is 3. The molecule has 1 aliphatic rings. The van der Waals surface area contributed by atoms with Gasteiger partial charge >= 0.3 is 0 Å². The average molecular weight is 504 g/mol. The van der Waals surface area contributed by atoms with Crippen molar-refractivity contribution in [2.24, 2.45) is 5.73 Å². The topological polar surface area (TPSA) is 93.7 Å². The number of aromatic nitrogens is 4. The molecule has 1 saturated carbocycles. The third kappa shape index (κ3) is 5.32. The summed E-state index contributed by atoms with van der Waals surface area (Å²) >= 11 is 3.53. The number of nitrogens with one attached hydrogen (secondary N) is 2. The first-order chi connectivity index (χ1) is 15.6. The van der Waals surface area contributed by atoms with Gasteiger partial charge in [-0.15, -0.1) is 23.7 Å². The number of thiophene rings is 2. The smallest absolute Gasteiger partial charge is 0.227 e. The maximum Gasteiger partial charge on any atom is 0.227 e. The summed E-state index contributed by atoms with van der Waals surface area (Å²) in [7, 11) is 0. The van der Waals surface area contributed by atoms with E-state index in [0.29, 0.717) is 24.6 Å². The van der Waals surface area contributed by atoms with E-state index in [1.165, 1.54) is 15.3 Å². The molecule has 4 heterocycles. The summed E-state index contributed by atoms with van der Waals surface area (Å²) in [4.78, 5) is 16.8. The fraction of sp³-hybridized carbons (Fsp3) is 0.435. The quantitative estimate of drug-likeness (QED) is 0.290. The Morgan fingerprint density at radius 2 is 1.97 bits per heavy atom. The lowest BCUT2D eigenvalue weighted by Gasteiger charge is -2.27. The van der Waals surface area contributed by atoms with Crippen LogP contribution in [0.2, 0.25) is 0 Å². The van der Waals surface area contributed by atoms with Gasteiger partial charge in [0.05, 0.1) is 12.9 Å². The predicted octanol–water partition coefficient (Wildman–Crippen LogP) is 5.91. The van der Waals surface area contributed by atoms with Crippen molar-refractivity contribution in [1.29, 1.82) is 0 Å². The molecule has 0 spiro atoms. The Bertz CT molecular complexity index is 1180. The molecule has 4 N–H and O–H groups in total. The number of anilines is 2. The van der Waals surface area contributed by atoms with E-state index >= 15 is 0 Å². The highest BCUT2D eigenvalue weighted by Crippen LogP contribution is 2.31. The van der Waals surface area contributed by atoms with E-state index in [1.807, 2.05) is 6.33 Å². The van der Waals surface area contributed by atoms with Crippen molar-refractivity contribution in [2.45, 2.75) is 64.2 Å². The van der Waals surface area contributed by atoms with E-state index in [-0.39, 0.29) is 18.4 Å². The molecule has 1 aliphatic carbocycles. The molecule has 10 heteroatoms. The van der Waals surface area contributed by atoms with Crippen molar-refractivity contribution in [3.8, 4) is 10.4 Å². The van der Waals surface area contributed by atoms with E-state index in [2.05, 4.69) is 63.0 Å². The maximum absolute atomic E-state index is 6.08. The second kappa shape index (κ2) is 10.4. The molecule has 0 unspecified atom stereocenters. The number of fused-ring (bicyclic) bond motifs is 1. The number of rotatable bonds is 7. The lowest BCUT2D eigenvalue weighted by Crippen LogP contribution is -2.33. The van der Waals surface area contributed by atoms with Crippen LogP contribution in [0.15, 0.2) is 35.3 Å². The summed E-state index contributed by atoms with van der Waals surface area (Å²) in [5, 5.41) is 11.4. The normalized spacial score (nSPS) is 18.4. The van der Waals surface area contributed by atoms with Crippen LogP contribution < -0.4 is 16.4 Å². The zero-order valence-electron chi connectivity index (χ0n) is 18.8. The zero-order valence-corrected chi connectivity index (χ0v) is 21.3. The van der Waals surface area contributed by atoms with Gasteiger partial charge in [0.15, 0.2) is 17.0 Å². The molecule has 0 atom stereocenters. The van der Waals surface area contributed by atoms with Crippen LogP contribution in [0.25, 0.3) is 21.6 Å². The Hall–Kier alpha value is -2.20. The molecule has 0 aromatic carbocycles. The lowest BCUT2D eigenvalue weighted by atomic mass is 9.92. The molecule has 0 aliphatic heterocycles. The van der Waals surface area contributed by atoms with Crippen molar-refractivity contribution in [1.82, 2.24) is 19.5 Å². The Morgan fingerprint density at radius 1 is 1.15 bits per heavy atom. The number of imidazole rings is 1. The first kappa shape index (κ1) is 23.9. The number of nitrogens with zero attached hydrogens (tertiary/aromatic N) is 4. The van der Waals surface area contributed by atoms with Crippen LogP contribution in [-0.4, -0.2) is 31.6 Å². The summed E-state index contributed by atoms with van der Waals surface area (Å²) in [5.41, 5.74) is 9.03. The molecular weight excluding hydrogens is 474 g/mol. The number of hydrogen-bond acceptors (Lipinski definition) is 8. The maximum atomic E-state index is 6.08. The average Bonchev–Trinajstić information content (AvgIpc) is 3.53. The molecule has 176 valence electrons. The monoisotopic (exact) mass is 503 g/mol. The van der Waals surface area contributed by atoms with Gasteiger partial charge in [-0.05, 0) is 68.5 Å². The summed E-state index contributed by atoms with van der Waals surface area (Å²) in [6, 6.07) is 7.49. The molecule has 33 heavy (non-hydrogen) atoms. The van der Waals surface area contributed by atoms with E-state index in [9.17, 15) is 0 Å². The Kier molecular flexibility index (Phi) is 7.53. The predicted molar refractivity (Wildman–Crippen MR) is 142 cm³/mol. The zero-order chi connectivity index (χ0) is 22.1. The van der Waals surface area contributed by atoms with Crippen molar-refractivity contribution >= 4 is 58.0 Å². The minimum atomic E-state index is 0. The van der Waals surface area contributed by atoms with Gasteiger partial charge < -0.3 is 20.9 Å². The molecule has 0 amide bonds. The summed E-state index contributed by atoms with van der Waals surface area (Å²) in [6.07, 6.45) is 6.04. The summed E-state index contributed by atoms with van der Waals surface area (Å²) in [6.45, 7) is 4.99. The minimum Gasteiger partial charge on any atom is -0.363 e. The number of nitrogens with two attached hydrogens (primary N) is 1. The molecular formula is C23H30ClN7S2. The lowest BCUT2D eigenvalue weighted by molar-refractivity contribution is 0.410. The molecule has 4 aromatic rings. The van der Waals surface area contributed by atoms with Crippen LogP contribution in [0.4, 0.5) is 11.8 Å². The fourth-order valence-electron chi connectivity index (χ4n) is 4.13. The van der Waals surface area contributed by atoms with E-state index in [1.54, 1.807) is 22.7 Å². The Balaban J connectivity index is 0.00000259. The molecule has 5 rings (SSSR count). The van der Waals surface area contributed by atoms with E-state index in [4.69, 9.17) is 15.7 Å². The van der Waals surface area contributed by atoms with Crippen LogP contribution in [0.5, 0.6) is 0 Å². The largest absolute Gasteiger partial charge is 0.363 e. The van der Waals surface area contributed by atoms with Gasteiger partial charge in [0.25, 0.3) is 0 Å². The van der Waals surface area contributed by atoms with Crippen LogP contribution in [0.1, 0.15) is 50.4 Å². The van der Waals surface area contributed by atoms with Crippen molar-refractivity contribution < 1.29 is 0 Å². The van der Waals surface area contributed by atoms with Gasteiger partial charge in [-0.25, -0.2) is 4.98 Å².